The summed E-state index contributed by atoms with van der Waals surface area (Å²) in [6.07, 6.45) is 0.689. The van der Waals surface area contributed by atoms with E-state index in [9.17, 15) is 9.59 Å². The summed E-state index contributed by atoms with van der Waals surface area (Å²) >= 11 is 7.51. The molecule has 154 valence electrons. The summed E-state index contributed by atoms with van der Waals surface area (Å²) in [6, 6.07) is 10.4. The van der Waals surface area contributed by atoms with Gasteiger partial charge in [-0.05, 0) is 23.7 Å². The van der Waals surface area contributed by atoms with Crippen LogP contribution in [0.5, 0.6) is 0 Å². The molecule has 3 amide bonds. The highest BCUT2D eigenvalue weighted by molar-refractivity contribution is 7.15. The number of anilines is 3. The molecule has 0 radical (unpaired) electrons. The van der Waals surface area contributed by atoms with Gasteiger partial charge in [0.2, 0.25) is 5.28 Å². The quantitative estimate of drug-likeness (QED) is 0.534. The predicted molar refractivity (Wildman–Crippen MR) is 116 cm³/mol. The molecule has 0 unspecified atom stereocenters. The molecule has 1 aliphatic heterocycles. The zero-order chi connectivity index (χ0) is 21.1. The number of thiazole rings is 1. The maximum atomic E-state index is 12.6. The number of nitrogens with zero attached hydrogens (tertiary/aromatic N) is 4. The Hall–Kier alpha value is -3.24. The van der Waals surface area contributed by atoms with E-state index in [1.54, 1.807) is 25.2 Å². The standard InChI is InChI=1S/C19H18ClN7O2S/c1-21-18(29)26-19-24-12-7-8-27(10-14(12)30-19)15-9-13(23-17(20)25-15)16(28)22-11-5-3-2-4-6-11/h2-6,9H,7-8,10H2,1H3,(H,22,28)(H2,21,24,26,29). The van der Waals surface area contributed by atoms with Gasteiger partial charge in [-0.1, -0.05) is 29.5 Å². The number of para-hydroxylation sites is 1. The second kappa shape index (κ2) is 8.64. The average Bonchev–Trinajstić information content (AvgIpc) is 3.15. The number of halogens is 1. The van der Waals surface area contributed by atoms with Gasteiger partial charge in [-0.25, -0.2) is 19.7 Å². The van der Waals surface area contributed by atoms with Crippen LogP contribution in [0.2, 0.25) is 5.28 Å². The number of benzene rings is 1. The number of hydrogen-bond donors (Lipinski definition) is 3. The fraction of sp³-hybridized carbons (Fsp3) is 0.211. The highest BCUT2D eigenvalue weighted by Gasteiger charge is 2.24. The number of aromatic nitrogens is 3. The second-order valence-corrected chi connectivity index (χ2v) is 7.89. The lowest BCUT2D eigenvalue weighted by molar-refractivity contribution is 0.102. The zero-order valence-corrected chi connectivity index (χ0v) is 17.5. The number of carbonyl (C=O) groups is 2. The first kappa shape index (κ1) is 20.0. The molecule has 0 aliphatic carbocycles. The summed E-state index contributed by atoms with van der Waals surface area (Å²) in [4.78, 5) is 40.0. The molecule has 0 bridgehead atoms. The summed E-state index contributed by atoms with van der Waals surface area (Å²) in [5.74, 6) is 0.201. The Balaban J connectivity index is 1.52. The Labute approximate surface area is 181 Å². The summed E-state index contributed by atoms with van der Waals surface area (Å²) in [6.45, 7) is 1.21. The molecule has 9 nitrogen and oxygen atoms in total. The van der Waals surface area contributed by atoms with Crippen LogP contribution in [0.4, 0.5) is 21.4 Å². The molecule has 0 atom stereocenters. The van der Waals surface area contributed by atoms with Crippen molar-refractivity contribution >= 4 is 51.5 Å². The van der Waals surface area contributed by atoms with Crippen LogP contribution in [0.15, 0.2) is 36.4 Å². The number of nitrogens with one attached hydrogen (secondary N) is 3. The molecular weight excluding hydrogens is 426 g/mol. The number of carbonyl (C=O) groups excluding carboxylic acids is 2. The molecule has 11 heteroatoms. The first-order valence-corrected chi connectivity index (χ1v) is 10.3. The Morgan fingerprint density at radius 2 is 1.93 bits per heavy atom. The minimum Gasteiger partial charge on any atom is -0.351 e. The topological polar surface area (TPSA) is 112 Å². The Kier molecular flexibility index (Phi) is 5.77. The van der Waals surface area contributed by atoms with Crippen LogP contribution < -0.4 is 20.9 Å². The van der Waals surface area contributed by atoms with Gasteiger partial charge < -0.3 is 15.5 Å². The first-order chi connectivity index (χ1) is 14.5. The second-order valence-electron chi connectivity index (χ2n) is 6.47. The Morgan fingerprint density at radius 1 is 1.13 bits per heavy atom. The van der Waals surface area contributed by atoms with Crippen molar-refractivity contribution in [2.24, 2.45) is 0 Å². The number of amides is 3. The molecule has 4 rings (SSSR count). The van der Waals surface area contributed by atoms with E-state index in [1.165, 1.54) is 11.3 Å². The SMILES string of the molecule is CNC(=O)Nc1nc2c(s1)CN(c1cc(C(=O)Nc3ccccc3)nc(Cl)n1)CC2. The predicted octanol–water partition coefficient (Wildman–Crippen LogP) is 3.15. The highest BCUT2D eigenvalue weighted by atomic mass is 35.5. The van der Waals surface area contributed by atoms with Crippen LogP contribution >= 0.6 is 22.9 Å². The van der Waals surface area contributed by atoms with Gasteiger partial charge in [0.25, 0.3) is 5.91 Å². The van der Waals surface area contributed by atoms with E-state index in [4.69, 9.17) is 11.6 Å². The lowest BCUT2D eigenvalue weighted by atomic mass is 10.2. The third kappa shape index (κ3) is 4.50. The van der Waals surface area contributed by atoms with Crippen molar-refractivity contribution in [3.63, 3.8) is 0 Å². The van der Waals surface area contributed by atoms with Crippen molar-refractivity contribution in [1.82, 2.24) is 20.3 Å². The van der Waals surface area contributed by atoms with E-state index < -0.39 is 0 Å². The van der Waals surface area contributed by atoms with Crippen molar-refractivity contribution < 1.29 is 9.59 Å². The Bertz CT molecular complexity index is 1090. The van der Waals surface area contributed by atoms with E-state index >= 15 is 0 Å². The maximum Gasteiger partial charge on any atom is 0.320 e. The fourth-order valence-electron chi connectivity index (χ4n) is 3.00. The third-order valence-corrected chi connectivity index (χ3v) is 5.62. The van der Waals surface area contributed by atoms with Gasteiger partial charge >= 0.3 is 6.03 Å². The molecule has 30 heavy (non-hydrogen) atoms. The van der Waals surface area contributed by atoms with Crippen molar-refractivity contribution in [2.45, 2.75) is 13.0 Å². The molecule has 3 aromatic rings. The first-order valence-electron chi connectivity index (χ1n) is 9.15. The molecule has 1 aliphatic rings. The van der Waals surface area contributed by atoms with E-state index in [-0.39, 0.29) is 22.9 Å². The van der Waals surface area contributed by atoms with Gasteiger partial charge in [0.05, 0.1) is 12.2 Å². The highest BCUT2D eigenvalue weighted by Crippen LogP contribution is 2.30. The van der Waals surface area contributed by atoms with Gasteiger partial charge in [-0.3, -0.25) is 10.1 Å². The molecule has 0 spiro atoms. The molecule has 0 saturated carbocycles. The molecule has 0 fully saturated rings. The van der Waals surface area contributed by atoms with Gasteiger partial charge in [0.15, 0.2) is 5.13 Å². The van der Waals surface area contributed by atoms with Crippen molar-refractivity contribution in [1.29, 1.82) is 0 Å². The monoisotopic (exact) mass is 443 g/mol. The number of urea groups is 1. The van der Waals surface area contributed by atoms with Crippen molar-refractivity contribution in [3.8, 4) is 0 Å². The number of fused-ring (bicyclic) bond motifs is 1. The normalized spacial score (nSPS) is 12.8. The van der Waals surface area contributed by atoms with Crippen LogP contribution in [-0.4, -0.2) is 40.5 Å². The number of hydrogen-bond acceptors (Lipinski definition) is 7. The summed E-state index contributed by atoms with van der Waals surface area (Å²) in [5.41, 5.74) is 1.80. The van der Waals surface area contributed by atoms with E-state index in [2.05, 4.69) is 30.9 Å². The lowest BCUT2D eigenvalue weighted by Crippen LogP contribution is -2.31. The summed E-state index contributed by atoms with van der Waals surface area (Å²) < 4.78 is 0. The van der Waals surface area contributed by atoms with Crippen LogP contribution in [0.25, 0.3) is 0 Å². The van der Waals surface area contributed by atoms with Crippen LogP contribution in [-0.2, 0) is 13.0 Å². The van der Waals surface area contributed by atoms with E-state index in [0.29, 0.717) is 36.1 Å². The zero-order valence-electron chi connectivity index (χ0n) is 16.0. The average molecular weight is 444 g/mol. The minimum atomic E-state index is -0.362. The molecule has 1 aromatic carbocycles. The van der Waals surface area contributed by atoms with E-state index in [1.807, 2.05) is 23.1 Å². The number of rotatable bonds is 4. The van der Waals surface area contributed by atoms with Gasteiger partial charge in [0, 0.05) is 36.6 Å². The molecule has 3 heterocycles. The van der Waals surface area contributed by atoms with Crippen LogP contribution in [0, 0.1) is 0 Å². The largest absolute Gasteiger partial charge is 0.351 e. The van der Waals surface area contributed by atoms with Crippen molar-refractivity contribution in [3.05, 3.63) is 57.9 Å². The Morgan fingerprint density at radius 3 is 2.70 bits per heavy atom. The van der Waals surface area contributed by atoms with Gasteiger partial charge in [-0.15, -0.1) is 0 Å². The van der Waals surface area contributed by atoms with Crippen LogP contribution in [0.3, 0.4) is 0 Å². The summed E-state index contributed by atoms with van der Waals surface area (Å²) in [7, 11) is 1.55. The van der Waals surface area contributed by atoms with Crippen LogP contribution in [0.1, 0.15) is 21.1 Å². The fourth-order valence-corrected chi connectivity index (χ4v) is 4.20. The minimum absolute atomic E-state index is 0.00258. The van der Waals surface area contributed by atoms with Gasteiger partial charge in [-0.2, -0.15) is 0 Å². The summed E-state index contributed by atoms with van der Waals surface area (Å²) in [5, 5.41) is 8.55. The third-order valence-electron chi connectivity index (χ3n) is 4.45. The molecule has 3 N–H and O–H groups in total. The van der Waals surface area contributed by atoms with E-state index in [0.717, 1.165) is 10.6 Å². The van der Waals surface area contributed by atoms with Crippen molar-refractivity contribution in [2.75, 3.05) is 29.1 Å². The smallest absolute Gasteiger partial charge is 0.320 e. The lowest BCUT2D eigenvalue weighted by Gasteiger charge is -2.27. The molecule has 2 aromatic heterocycles. The maximum absolute atomic E-state index is 12.6. The van der Waals surface area contributed by atoms with Gasteiger partial charge in [0.1, 0.15) is 11.5 Å². The molecule has 0 saturated heterocycles. The molecular formula is C19H18ClN7O2S.